The maximum absolute atomic E-state index is 4.17. The van der Waals surface area contributed by atoms with Crippen molar-refractivity contribution >= 4 is 28.4 Å². The Morgan fingerprint density at radius 2 is 2.21 bits per heavy atom. The lowest BCUT2D eigenvalue weighted by molar-refractivity contribution is 0.757. The Kier molecular flexibility index (Phi) is 3.87. The molecular formula is C15H19N3S. The number of nitrogens with one attached hydrogen (secondary N) is 1. The number of fused-ring (bicyclic) bond motifs is 1. The summed E-state index contributed by atoms with van der Waals surface area (Å²) in [7, 11) is 0. The molecule has 2 atom stereocenters. The molecule has 3 nitrogen and oxygen atoms in total. The second-order valence-corrected chi connectivity index (χ2v) is 6.58. The van der Waals surface area contributed by atoms with Gasteiger partial charge in [-0.3, -0.25) is 0 Å². The third-order valence-electron chi connectivity index (χ3n) is 3.69. The van der Waals surface area contributed by atoms with Crippen LogP contribution in [-0.2, 0) is 0 Å². The molecule has 100 valence electrons. The highest BCUT2D eigenvalue weighted by Crippen LogP contribution is 2.32. The van der Waals surface area contributed by atoms with Gasteiger partial charge in [0.2, 0.25) is 0 Å². The van der Waals surface area contributed by atoms with E-state index in [-0.39, 0.29) is 0 Å². The van der Waals surface area contributed by atoms with Crippen molar-refractivity contribution < 1.29 is 0 Å². The number of aromatic nitrogens is 2. The van der Waals surface area contributed by atoms with Crippen LogP contribution < -0.4 is 5.32 Å². The molecule has 1 fully saturated rings. The Bertz CT molecular complexity index is 553. The Labute approximate surface area is 118 Å². The topological polar surface area (TPSA) is 37.8 Å². The van der Waals surface area contributed by atoms with Gasteiger partial charge in [0.25, 0.3) is 0 Å². The molecular weight excluding hydrogens is 254 g/mol. The van der Waals surface area contributed by atoms with Crippen molar-refractivity contribution in [1.29, 1.82) is 0 Å². The molecule has 0 radical (unpaired) electrons. The molecule has 2 aromatic rings. The van der Waals surface area contributed by atoms with Crippen molar-refractivity contribution in [3.63, 3.8) is 0 Å². The summed E-state index contributed by atoms with van der Waals surface area (Å²) in [4.78, 5) is 0. The Balaban J connectivity index is 1.75. The van der Waals surface area contributed by atoms with Crippen LogP contribution in [-0.4, -0.2) is 27.2 Å². The molecule has 0 bridgehead atoms. The van der Waals surface area contributed by atoms with Crippen molar-refractivity contribution in [3.05, 3.63) is 30.5 Å². The summed E-state index contributed by atoms with van der Waals surface area (Å²) >= 11 is 2.09. The summed E-state index contributed by atoms with van der Waals surface area (Å²) in [6.45, 7) is 2.24. The number of hydrogen-bond acceptors (Lipinski definition) is 4. The number of thioether (sulfide) groups is 1. The predicted molar refractivity (Wildman–Crippen MR) is 82.7 cm³/mol. The standard InChI is InChI=1S/C15H19N3S/c1-2-19-12-8-7-11(9-12)17-15-10-16-18-14-6-4-3-5-13(14)15/h3-6,10-12H,2,7-9H2,1H3,(H,17,18). The van der Waals surface area contributed by atoms with Crippen molar-refractivity contribution in [3.8, 4) is 0 Å². The molecule has 2 unspecified atom stereocenters. The summed E-state index contributed by atoms with van der Waals surface area (Å²) in [6.07, 6.45) is 5.69. The summed E-state index contributed by atoms with van der Waals surface area (Å²) < 4.78 is 0. The Morgan fingerprint density at radius 3 is 3.11 bits per heavy atom. The van der Waals surface area contributed by atoms with E-state index in [1.54, 1.807) is 0 Å². The molecule has 3 rings (SSSR count). The fourth-order valence-electron chi connectivity index (χ4n) is 2.80. The van der Waals surface area contributed by atoms with Gasteiger partial charge >= 0.3 is 0 Å². The lowest BCUT2D eigenvalue weighted by atomic mass is 10.2. The molecule has 4 heteroatoms. The van der Waals surface area contributed by atoms with E-state index in [4.69, 9.17) is 0 Å². The zero-order valence-corrected chi connectivity index (χ0v) is 12.0. The highest BCUT2D eigenvalue weighted by atomic mass is 32.2. The number of rotatable bonds is 4. The molecule has 0 amide bonds. The van der Waals surface area contributed by atoms with Crippen LogP contribution in [0.25, 0.3) is 10.9 Å². The molecule has 0 saturated heterocycles. The van der Waals surface area contributed by atoms with Crippen LogP contribution in [0.15, 0.2) is 30.5 Å². The van der Waals surface area contributed by atoms with Gasteiger partial charge in [0.15, 0.2) is 0 Å². The molecule has 1 aliphatic carbocycles. The van der Waals surface area contributed by atoms with Crippen molar-refractivity contribution in [2.75, 3.05) is 11.1 Å². The maximum Gasteiger partial charge on any atom is 0.0950 e. The van der Waals surface area contributed by atoms with Gasteiger partial charge in [0, 0.05) is 16.7 Å². The minimum Gasteiger partial charge on any atom is -0.380 e. The van der Waals surface area contributed by atoms with Crippen LogP contribution in [0, 0.1) is 0 Å². The van der Waals surface area contributed by atoms with Gasteiger partial charge in [-0.25, -0.2) is 0 Å². The normalized spacial score (nSPS) is 22.8. The van der Waals surface area contributed by atoms with Crippen molar-refractivity contribution in [2.24, 2.45) is 0 Å². The van der Waals surface area contributed by atoms with Gasteiger partial charge in [-0.15, -0.1) is 0 Å². The van der Waals surface area contributed by atoms with Gasteiger partial charge < -0.3 is 5.32 Å². The summed E-state index contributed by atoms with van der Waals surface area (Å²) in [5.74, 6) is 1.22. The first kappa shape index (κ1) is 12.7. The Hall–Kier alpha value is -1.29. The van der Waals surface area contributed by atoms with E-state index in [0.29, 0.717) is 6.04 Å². The highest BCUT2D eigenvalue weighted by Gasteiger charge is 2.24. The van der Waals surface area contributed by atoms with Gasteiger partial charge in [0.05, 0.1) is 17.4 Å². The van der Waals surface area contributed by atoms with Crippen LogP contribution in [0.2, 0.25) is 0 Å². The fourth-order valence-corrected chi connectivity index (χ4v) is 3.94. The van der Waals surface area contributed by atoms with Gasteiger partial charge in [0.1, 0.15) is 0 Å². The van der Waals surface area contributed by atoms with Crippen LogP contribution in [0.5, 0.6) is 0 Å². The molecule has 1 aliphatic rings. The smallest absolute Gasteiger partial charge is 0.0950 e. The second-order valence-electron chi connectivity index (χ2n) is 5.01. The number of anilines is 1. The molecule has 19 heavy (non-hydrogen) atoms. The van der Waals surface area contributed by atoms with E-state index in [2.05, 4.69) is 46.3 Å². The van der Waals surface area contributed by atoms with Crippen molar-refractivity contribution in [2.45, 2.75) is 37.5 Å². The van der Waals surface area contributed by atoms with E-state index >= 15 is 0 Å². The SMILES string of the molecule is CCSC1CCC(Nc2cnnc3ccccc23)C1. The second kappa shape index (κ2) is 5.78. The predicted octanol–water partition coefficient (Wildman–Crippen LogP) is 3.72. The third kappa shape index (κ3) is 2.84. The number of nitrogens with zero attached hydrogens (tertiary/aromatic N) is 2. The lowest BCUT2D eigenvalue weighted by Crippen LogP contribution is -2.16. The summed E-state index contributed by atoms with van der Waals surface area (Å²) in [6, 6.07) is 8.76. The minimum absolute atomic E-state index is 0.580. The van der Waals surface area contributed by atoms with Crippen LogP contribution >= 0.6 is 11.8 Å². The first-order chi connectivity index (χ1) is 9.36. The van der Waals surface area contributed by atoms with Gasteiger partial charge in [-0.05, 0) is 31.1 Å². The quantitative estimate of drug-likeness (QED) is 0.921. The third-order valence-corrected chi connectivity index (χ3v) is 4.93. The molecule has 1 aromatic carbocycles. The molecule has 1 saturated carbocycles. The molecule has 0 spiro atoms. The van der Waals surface area contributed by atoms with E-state index in [1.807, 2.05) is 18.3 Å². The lowest BCUT2D eigenvalue weighted by Gasteiger charge is -2.15. The average Bonchev–Trinajstić information content (AvgIpc) is 2.87. The molecule has 0 aliphatic heterocycles. The fraction of sp³-hybridized carbons (Fsp3) is 0.467. The van der Waals surface area contributed by atoms with E-state index in [0.717, 1.165) is 16.5 Å². The van der Waals surface area contributed by atoms with E-state index < -0.39 is 0 Å². The molecule has 1 aromatic heterocycles. The van der Waals surface area contributed by atoms with Crippen LogP contribution in [0.4, 0.5) is 5.69 Å². The van der Waals surface area contributed by atoms with Crippen LogP contribution in [0.1, 0.15) is 26.2 Å². The maximum atomic E-state index is 4.17. The Morgan fingerprint density at radius 1 is 1.32 bits per heavy atom. The van der Waals surface area contributed by atoms with E-state index in [1.165, 1.54) is 30.4 Å². The first-order valence-electron chi connectivity index (χ1n) is 6.95. The zero-order valence-electron chi connectivity index (χ0n) is 11.2. The summed E-state index contributed by atoms with van der Waals surface area (Å²) in [5.41, 5.74) is 2.09. The largest absolute Gasteiger partial charge is 0.380 e. The van der Waals surface area contributed by atoms with Gasteiger partial charge in [-0.2, -0.15) is 22.0 Å². The van der Waals surface area contributed by atoms with Crippen LogP contribution in [0.3, 0.4) is 0 Å². The molecule has 1 N–H and O–H groups in total. The van der Waals surface area contributed by atoms with Crippen molar-refractivity contribution in [1.82, 2.24) is 10.2 Å². The highest BCUT2D eigenvalue weighted by molar-refractivity contribution is 7.99. The summed E-state index contributed by atoms with van der Waals surface area (Å²) in [5, 5.41) is 13.9. The monoisotopic (exact) mass is 273 g/mol. The number of hydrogen-bond donors (Lipinski definition) is 1. The number of benzene rings is 1. The molecule has 1 heterocycles. The first-order valence-corrected chi connectivity index (χ1v) is 8.00. The average molecular weight is 273 g/mol. The van der Waals surface area contributed by atoms with E-state index in [9.17, 15) is 0 Å². The minimum atomic E-state index is 0.580. The zero-order chi connectivity index (χ0) is 13.1. The van der Waals surface area contributed by atoms with Gasteiger partial charge in [-0.1, -0.05) is 25.1 Å².